The number of rotatable bonds is 1. The standard InChI is InChI=1S/C8H7NO3S/c1-9-3-6-4(7(9)10)2-5(13-6)8(11)12/h2H,3H2,1H3,(H,11,12). The summed E-state index contributed by atoms with van der Waals surface area (Å²) in [7, 11) is 1.70. The number of hydrogen-bond acceptors (Lipinski definition) is 3. The van der Waals surface area contributed by atoms with Gasteiger partial charge in [-0.2, -0.15) is 0 Å². The van der Waals surface area contributed by atoms with Crippen LogP contribution in [-0.4, -0.2) is 28.9 Å². The Morgan fingerprint density at radius 3 is 2.92 bits per heavy atom. The second kappa shape index (κ2) is 2.56. The second-order valence-corrected chi connectivity index (χ2v) is 4.05. The molecule has 2 heterocycles. The van der Waals surface area contributed by atoms with E-state index in [2.05, 4.69) is 0 Å². The van der Waals surface area contributed by atoms with Gasteiger partial charge in [0.15, 0.2) is 0 Å². The average Bonchev–Trinajstić information content (AvgIpc) is 2.55. The van der Waals surface area contributed by atoms with Crippen LogP contribution in [0.4, 0.5) is 0 Å². The first kappa shape index (κ1) is 8.25. The predicted molar refractivity (Wildman–Crippen MR) is 47.1 cm³/mol. The number of aromatic carboxylic acids is 1. The third-order valence-electron chi connectivity index (χ3n) is 1.98. The highest BCUT2D eigenvalue weighted by atomic mass is 32.1. The summed E-state index contributed by atoms with van der Waals surface area (Å²) in [6.45, 7) is 0.534. The van der Waals surface area contributed by atoms with Crippen molar-refractivity contribution in [3.63, 3.8) is 0 Å². The molecule has 0 saturated heterocycles. The molecule has 1 aliphatic heterocycles. The molecule has 1 aromatic heterocycles. The zero-order chi connectivity index (χ0) is 9.59. The summed E-state index contributed by atoms with van der Waals surface area (Å²) in [6, 6.07) is 1.45. The Labute approximate surface area is 78.4 Å². The predicted octanol–water partition coefficient (Wildman–Crippen LogP) is 1.03. The fourth-order valence-corrected chi connectivity index (χ4v) is 2.37. The topological polar surface area (TPSA) is 57.6 Å². The van der Waals surface area contributed by atoms with Crippen LogP contribution in [0, 0.1) is 0 Å². The Morgan fingerprint density at radius 1 is 1.69 bits per heavy atom. The van der Waals surface area contributed by atoms with Crippen LogP contribution in [-0.2, 0) is 6.54 Å². The molecule has 1 aromatic rings. The highest BCUT2D eigenvalue weighted by Gasteiger charge is 2.28. The van der Waals surface area contributed by atoms with Crippen LogP contribution < -0.4 is 0 Å². The third kappa shape index (κ3) is 1.12. The highest BCUT2D eigenvalue weighted by Crippen LogP contribution is 2.29. The van der Waals surface area contributed by atoms with Gasteiger partial charge in [-0.1, -0.05) is 0 Å². The number of carbonyl (C=O) groups excluding carboxylic acids is 1. The first-order valence-corrected chi connectivity index (χ1v) is 4.52. The highest BCUT2D eigenvalue weighted by molar-refractivity contribution is 7.14. The molecule has 0 saturated carbocycles. The fraction of sp³-hybridized carbons (Fsp3) is 0.250. The molecule has 0 aromatic carbocycles. The van der Waals surface area contributed by atoms with Crippen molar-refractivity contribution in [3.8, 4) is 0 Å². The van der Waals surface area contributed by atoms with Gasteiger partial charge < -0.3 is 10.0 Å². The van der Waals surface area contributed by atoms with Gasteiger partial charge >= 0.3 is 5.97 Å². The molecule has 2 rings (SSSR count). The Hall–Kier alpha value is -1.36. The molecule has 13 heavy (non-hydrogen) atoms. The van der Waals surface area contributed by atoms with E-state index in [1.807, 2.05) is 0 Å². The molecule has 1 N–H and O–H groups in total. The Bertz CT molecular complexity index is 396. The van der Waals surface area contributed by atoms with Crippen LogP contribution in [0.25, 0.3) is 0 Å². The number of thiophene rings is 1. The maximum atomic E-state index is 11.4. The molecule has 68 valence electrons. The minimum atomic E-state index is -0.963. The number of carboxylic acids is 1. The van der Waals surface area contributed by atoms with Crippen LogP contribution in [0.2, 0.25) is 0 Å². The lowest BCUT2D eigenvalue weighted by Crippen LogP contribution is -2.17. The van der Waals surface area contributed by atoms with Crippen LogP contribution in [0.5, 0.6) is 0 Å². The van der Waals surface area contributed by atoms with Crippen molar-refractivity contribution in [2.75, 3.05) is 7.05 Å². The van der Waals surface area contributed by atoms with Crippen molar-refractivity contribution in [2.24, 2.45) is 0 Å². The maximum Gasteiger partial charge on any atom is 0.345 e. The van der Waals surface area contributed by atoms with Gasteiger partial charge in [0.05, 0.1) is 12.1 Å². The number of fused-ring (bicyclic) bond motifs is 1. The molecule has 0 unspecified atom stereocenters. The lowest BCUT2D eigenvalue weighted by atomic mass is 10.3. The molecule has 5 heteroatoms. The molecule has 0 atom stereocenters. The largest absolute Gasteiger partial charge is 0.477 e. The minimum absolute atomic E-state index is 0.0845. The lowest BCUT2D eigenvalue weighted by Gasteiger charge is -2.05. The zero-order valence-electron chi connectivity index (χ0n) is 6.90. The SMILES string of the molecule is CN1Cc2sc(C(=O)O)cc2C1=O. The van der Waals surface area contributed by atoms with E-state index in [4.69, 9.17) is 5.11 Å². The number of hydrogen-bond donors (Lipinski definition) is 1. The average molecular weight is 197 g/mol. The second-order valence-electron chi connectivity index (χ2n) is 2.91. The molecule has 0 fully saturated rings. The Kier molecular flexibility index (Phi) is 1.63. The Balaban J connectivity index is 2.46. The zero-order valence-corrected chi connectivity index (χ0v) is 7.72. The van der Waals surface area contributed by atoms with Gasteiger partial charge in [-0.05, 0) is 6.07 Å². The van der Waals surface area contributed by atoms with E-state index in [0.29, 0.717) is 12.1 Å². The van der Waals surface area contributed by atoms with Gasteiger partial charge in [0.2, 0.25) is 0 Å². The van der Waals surface area contributed by atoms with E-state index in [9.17, 15) is 9.59 Å². The van der Waals surface area contributed by atoms with E-state index in [1.54, 1.807) is 11.9 Å². The Morgan fingerprint density at radius 2 is 2.38 bits per heavy atom. The summed E-state index contributed by atoms with van der Waals surface area (Å²) in [4.78, 5) is 24.6. The van der Waals surface area contributed by atoms with E-state index in [-0.39, 0.29) is 10.8 Å². The van der Waals surface area contributed by atoms with Crippen LogP contribution >= 0.6 is 11.3 Å². The van der Waals surface area contributed by atoms with Gasteiger partial charge in [-0.25, -0.2) is 4.79 Å². The van der Waals surface area contributed by atoms with E-state index in [0.717, 1.165) is 4.88 Å². The molecule has 0 radical (unpaired) electrons. The van der Waals surface area contributed by atoms with Crippen molar-refractivity contribution in [1.29, 1.82) is 0 Å². The molecule has 1 aliphatic rings. The monoisotopic (exact) mass is 197 g/mol. The van der Waals surface area contributed by atoms with Crippen LogP contribution in [0.15, 0.2) is 6.07 Å². The van der Waals surface area contributed by atoms with Crippen molar-refractivity contribution in [2.45, 2.75) is 6.54 Å². The summed E-state index contributed by atoms with van der Waals surface area (Å²) >= 11 is 1.18. The van der Waals surface area contributed by atoms with E-state index >= 15 is 0 Å². The lowest BCUT2D eigenvalue weighted by molar-refractivity contribution is 0.0702. The van der Waals surface area contributed by atoms with Gasteiger partial charge in [0.1, 0.15) is 4.88 Å². The van der Waals surface area contributed by atoms with E-state index < -0.39 is 5.97 Å². The third-order valence-corrected chi connectivity index (χ3v) is 3.09. The number of carbonyl (C=O) groups is 2. The van der Waals surface area contributed by atoms with Crippen molar-refractivity contribution < 1.29 is 14.7 Å². The summed E-state index contributed by atoms with van der Waals surface area (Å²) in [5, 5.41) is 8.68. The molecule has 1 amide bonds. The smallest absolute Gasteiger partial charge is 0.345 e. The quantitative estimate of drug-likeness (QED) is 0.731. The maximum absolute atomic E-state index is 11.4. The molecular formula is C8H7NO3S. The van der Waals surface area contributed by atoms with E-state index in [1.165, 1.54) is 17.4 Å². The molecular weight excluding hydrogens is 190 g/mol. The summed E-state index contributed by atoms with van der Waals surface area (Å²) in [6.07, 6.45) is 0. The first-order valence-electron chi connectivity index (χ1n) is 3.71. The van der Waals surface area contributed by atoms with Gasteiger partial charge in [-0.15, -0.1) is 11.3 Å². The van der Waals surface area contributed by atoms with Crippen LogP contribution in [0.3, 0.4) is 0 Å². The summed E-state index contributed by atoms with van der Waals surface area (Å²) in [5.74, 6) is -1.05. The molecule has 4 nitrogen and oxygen atoms in total. The summed E-state index contributed by atoms with van der Waals surface area (Å²) < 4.78 is 0. The van der Waals surface area contributed by atoms with Crippen LogP contribution in [0.1, 0.15) is 24.9 Å². The van der Waals surface area contributed by atoms with Crippen molar-refractivity contribution >= 4 is 23.2 Å². The number of carboxylic acid groups (broad SMARTS) is 1. The minimum Gasteiger partial charge on any atom is -0.477 e. The molecule has 0 bridgehead atoms. The number of amides is 1. The van der Waals surface area contributed by atoms with Crippen molar-refractivity contribution in [3.05, 3.63) is 21.4 Å². The van der Waals surface area contributed by atoms with Crippen molar-refractivity contribution in [1.82, 2.24) is 4.90 Å². The molecule has 0 aliphatic carbocycles. The normalized spacial score (nSPS) is 14.8. The fourth-order valence-electron chi connectivity index (χ4n) is 1.33. The van der Waals surface area contributed by atoms with Gasteiger partial charge in [-0.3, -0.25) is 4.79 Å². The molecule has 0 spiro atoms. The van der Waals surface area contributed by atoms with Gasteiger partial charge in [0, 0.05) is 11.9 Å². The van der Waals surface area contributed by atoms with Gasteiger partial charge in [0.25, 0.3) is 5.91 Å². The summed E-state index contributed by atoms with van der Waals surface area (Å²) in [5.41, 5.74) is 0.546. The first-order chi connectivity index (χ1) is 6.09. The number of nitrogens with zero attached hydrogens (tertiary/aromatic N) is 1.